The molecule has 0 aromatic carbocycles. The summed E-state index contributed by atoms with van der Waals surface area (Å²) in [6.07, 6.45) is 3.77. The SMILES string of the molecule is Cn1c(-c2cccnc2)nc(Cl)c1CCC(=O)O. The number of carboxylic acid groups (broad SMARTS) is 1. The van der Waals surface area contributed by atoms with E-state index in [9.17, 15) is 4.79 Å². The Morgan fingerprint density at radius 1 is 1.56 bits per heavy atom. The molecule has 0 aliphatic carbocycles. The van der Waals surface area contributed by atoms with Gasteiger partial charge in [-0.3, -0.25) is 9.78 Å². The van der Waals surface area contributed by atoms with Gasteiger partial charge < -0.3 is 9.67 Å². The van der Waals surface area contributed by atoms with Crippen LogP contribution >= 0.6 is 11.6 Å². The molecule has 0 saturated heterocycles. The number of hydrogen-bond acceptors (Lipinski definition) is 3. The molecule has 0 aliphatic rings. The minimum atomic E-state index is -0.852. The van der Waals surface area contributed by atoms with E-state index in [0.717, 1.165) is 11.3 Å². The first-order chi connectivity index (χ1) is 8.59. The number of carbonyl (C=O) groups is 1. The van der Waals surface area contributed by atoms with Crippen LogP contribution in [0.5, 0.6) is 0 Å². The van der Waals surface area contributed by atoms with Crippen molar-refractivity contribution in [3.63, 3.8) is 0 Å². The van der Waals surface area contributed by atoms with Gasteiger partial charge in [0.2, 0.25) is 0 Å². The van der Waals surface area contributed by atoms with Gasteiger partial charge in [0, 0.05) is 31.4 Å². The number of aliphatic carboxylic acids is 1. The Labute approximate surface area is 109 Å². The summed E-state index contributed by atoms with van der Waals surface area (Å²) in [6.45, 7) is 0. The number of pyridine rings is 1. The number of nitrogens with zero attached hydrogens (tertiary/aromatic N) is 3. The van der Waals surface area contributed by atoms with Crippen LogP contribution in [0.15, 0.2) is 24.5 Å². The van der Waals surface area contributed by atoms with E-state index in [1.54, 1.807) is 12.4 Å². The summed E-state index contributed by atoms with van der Waals surface area (Å²) in [5.74, 6) is -0.163. The Balaban J connectivity index is 2.35. The van der Waals surface area contributed by atoms with Crippen molar-refractivity contribution < 1.29 is 9.90 Å². The summed E-state index contributed by atoms with van der Waals surface area (Å²) < 4.78 is 1.81. The van der Waals surface area contributed by atoms with Gasteiger partial charge in [0.1, 0.15) is 5.82 Å². The fourth-order valence-electron chi connectivity index (χ4n) is 1.75. The first-order valence-electron chi connectivity index (χ1n) is 5.43. The molecule has 0 spiro atoms. The highest BCUT2D eigenvalue weighted by Crippen LogP contribution is 2.24. The van der Waals surface area contributed by atoms with Crippen molar-refractivity contribution in [3.8, 4) is 11.4 Å². The van der Waals surface area contributed by atoms with Gasteiger partial charge >= 0.3 is 5.97 Å². The number of halogens is 1. The lowest BCUT2D eigenvalue weighted by molar-refractivity contribution is -0.136. The molecule has 0 bridgehead atoms. The van der Waals surface area contributed by atoms with Gasteiger partial charge in [-0.2, -0.15) is 0 Å². The van der Waals surface area contributed by atoms with Crippen LogP contribution in [0.2, 0.25) is 5.15 Å². The molecular weight excluding hydrogens is 254 g/mol. The van der Waals surface area contributed by atoms with E-state index in [0.29, 0.717) is 17.4 Å². The van der Waals surface area contributed by atoms with Crippen molar-refractivity contribution in [2.75, 3.05) is 0 Å². The summed E-state index contributed by atoms with van der Waals surface area (Å²) in [5, 5.41) is 9.04. The van der Waals surface area contributed by atoms with Gasteiger partial charge in [-0.15, -0.1) is 0 Å². The molecule has 18 heavy (non-hydrogen) atoms. The smallest absolute Gasteiger partial charge is 0.303 e. The van der Waals surface area contributed by atoms with Crippen LogP contribution in [0.4, 0.5) is 0 Å². The lowest BCUT2D eigenvalue weighted by atomic mass is 10.2. The molecule has 0 atom stereocenters. The Morgan fingerprint density at radius 2 is 2.33 bits per heavy atom. The van der Waals surface area contributed by atoms with Gasteiger partial charge in [-0.1, -0.05) is 11.6 Å². The predicted molar refractivity (Wildman–Crippen MR) is 67.4 cm³/mol. The monoisotopic (exact) mass is 265 g/mol. The minimum Gasteiger partial charge on any atom is -0.481 e. The highest BCUT2D eigenvalue weighted by atomic mass is 35.5. The fourth-order valence-corrected chi connectivity index (χ4v) is 2.05. The Morgan fingerprint density at radius 3 is 2.94 bits per heavy atom. The van der Waals surface area contributed by atoms with Gasteiger partial charge in [0.15, 0.2) is 5.15 Å². The molecule has 0 unspecified atom stereocenters. The van der Waals surface area contributed by atoms with E-state index < -0.39 is 5.97 Å². The third-order valence-corrected chi connectivity index (χ3v) is 2.96. The second kappa shape index (κ2) is 5.18. The quantitative estimate of drug-likeness (QED) is 0.920. The molecule has 1 N–H and O–H groups in total. The molecule has 2 heterocycles. The van der Waals surface area contributed by atoms with Crippen LogP contribution in [0.3, 0.4) is 0 Å². The molecule has 94 valence electrons. The second-order valence-electron chi connectivity index (χ2n) is 3.87. The van der Waals surface area contributed by atoms with Crippen molar-refractivity contribution in [2.24, 2.45) is 7.05 Å². The number of hydrogen-bond donors (Lipinski definition) is 1. The normalized spacial score (nSPS) is 10.6. The van der Waals surface area contributed by atoms with Crippen molar-refractivity contribution in [1.29, 1.82) is 0 Å². The zero-order valence-electron chi connectivity index (χ0n) is 9.80. The topological polar surface area (TPSA) is 68.0 Å². The Bertz CT molecular complexity index is 566. The number of rotatable bonds is 4. The average molecular weight is 266 g/mol. The van der Waals surface area contributed by atoms with Crippen LogP contribution in [-0.4, -0.2) is 25.6 Å². The molecular formula is C12H12ClN3O2. The summed E-state index contributed by atoms with van der Waals surface area (Å²) in [7, 11) is 1.82. The number of imidazole rings is 1. The van der Waals surface area contributed by atoms with Crippen LogP contribution in [-0.2, 0) is 18.3 Å². The number of carboxylic acids is 1. The lowest BCUT2D eigenvalue weighted by Crippen LogP contribution is -2.03. The highest BCUT2D eigenvalue weighted by molar-refractivity contribution is 6.30. The van der Waals surface area contributed by atoms with Gasteiger partial charge in [0.05, 0.1) is 12.1 Å². The zero-order chi connectivity index (χ0) is 13.1. The third-order valence-electron chi connectivity index (χ3n) is 2.66. The fraction of sp³-hybridized carbons (Fsp3) is 0.250. The molecule has 5 nitrogen and oxygen atoms in total. The molecule has 0 amide bonds. The van der Waals surface area contributed by atoms with E-state index >= 15 is 0 Å². The van der Waals surface area contributed by atoms with E-state index in [-0.39, 0.29) is 6.42 Å². The summed E-state index contributed by atoms with van der Waals surface area (Å²) in [4.78, 5) is 18.9. The standard InChI is InChI=1S/C12H12ClN3O2/c1-16-9(4-5-10(17)18)11(13)15-12(16)8-3-2-6-14-7-8/h2-3,6-7H,4-5H2,1H3,(H,17,18). The van der Waals surface area contributed by atoms with Gasteiger partial charge in [0.25, 0.3) is 0 Å². The van der Waals surface area contributed by atoms with Gasteiger partial charge in [-0.25, -0.2) is 4.98 Å². The van der Waals surface area contributed by atoms with E-state index in [1.165, 1.54) is 0 Å². The molecule has 6 heteroatoms. The van der Waals surface area contributed by atoms with Crippen molar-refractivity contribution >= 4 is 17.6 Å². The second-order valence-corrected chi connectivity index (χ2v) is 4.23. The molecule has 0 fully saturated rings. The average Bonchev–Trinajstić information content (AvgIpc) is 2.63. The predicted octanol–water partition coefficient (Wildman–Crippen LogP) is 2.15. The van der Waals surface area contributed by atoms with Crippen LogP contribution < -0.4 is 0 Å². The van der Waals surface area contributed by atoms with Crippen molar-refractivity contribution in [3.05, 3.63) is 35.4 Å². The summed E-state index contributed by atoms with van der Waals surface area (Å²) >= 11 is 6.04. The first kappa shape index (κ1) is 12.6. The molecule has 2 aromatic rings. The van der Waals surface area contributed by atoms with E-state index in [1.807, 2.05) is 23.7 Å². The first-order valence-corrected chi connectivity index (χ1v) is 5.80. The summed E-state index contributed by atoms with van der Waals surface area (Å²) in [5.41, 5.74) is 1.57. The third kappa shape index (κ3) is 2.51. The zero-order valence-corrected chi connectivity index (χ0v) is 10.6. The molecule has 0 aliphatic heterocycles. The molecule has 2 aromatic heterocycles. The highest BCUT2D eigenvalue weighted by Gasteiger charge is 2.15. The van der Waals surface area contributed by atoms with Crippen LogP contribution in [0.1, 0.15) is 12.1 Å². The minimum absolute atomic E-state index is 0.0335. The van der Waals surface area contributed by atoms with E-state index in [4.69, 9.17) is 16.7 Å². The largest absolute Gasteiger partial charge is 0.481 e. The van der Waals surface area contributed by atoms with Crippen LogP contribution in [0, 0.1) is 0 Å². The maximum Gasteiger partial charge on any atom is 0.303 e. The number of aromatic nitrogens is 3. The molecule has 2 rings (SSSR count). The van der Waals surface area contributed by atoms with Crippen molar-refractivity contribution in [2.45, 2.75) is 12.8 Å². The maximum absolute atomic E-state index is 10.6. The Hall–Kier alpha value is -1.88. The maximum atomic E-state index is 10.6. The van der Waals surface area contributed by atoms with Crippen LogP contribution in [0.25, 0.3) is 11.4 Å². The lowest BCUT2D eigenvalue weighted by Gasteiger charge is -2.04. The molecule has 0 saturated carbocycles. The van der Waals surface area contributed by atoms with E-state index in [2.05, 4.69) is 9.97 Å². The Kier molecular flexibility index (Phi) is 3.62. The summed E-state index contributed by atoms with van der Waals surface area (Å²) in [6, 6.07) is 3.70. The molecule has 0 radical (unpaired) electrons. The van der Waals surface area contributed by atoms with Gasteiger partial charge in [-0.05, 0) is 12.1 Å². The van der Waals surface area contributed by atoms with Crippen molar-refractivity contribution in [1.82, 2.24) is 14.5 Å².